The second-order valence-electron chi connectivity index (χ2n) is 4.90. The van der Waals surface area contributed by atoms with Crippen molar-refractivity contribution in [1.82, 2.24) is 4.90 Å². The van der Waals surface area contributed by atoms with Gasteiger partial charge in [-0.05, 0) is 24.3 Å². The number of halogens is 2. The zero-order valence-corrected chi connectivity index (χ0v) is 12.5. The van der Waals surface area contributed by atoms with E-state index in [9.17, 15) is 22.0 Å². The standard InChI is InChI=1S/C14H11F2N3O3S/c15-11-4-3-9(8-12(11)16)17-14(20)10-2-1-5-19-6-7-23(21,22)18-13(10)19/h1-5,8H,6-7H2,(H,17,20). The Labute approximate surface area is 130 Å². The van der Waals surface area contributed by atoms with Gasteiger partial charge in [0.2, 0.25) is 0 Å². The summed E-state index contributed by atoms with van der Waals surface area (Å²) < 4.78 is 52.9. The second kappa shape index (κ2) is 5.58. The molecule has 120 valence electrons. The van der Waals surface area contributed by atoms with Gasteiger partial charge in [0, 0.05) is 24.5 Å². The molecular formula is C14H11F2N3O3S. The number of amides is 1. The third kappa shape index (κ3) is 3.14. The number of carbonyl (C=O) groups excluding carboxylic acids is 1. The van der Waals surface area contributed by atoms with Crippen molar-refractivity contribution in [3.63, 3.8) is 0 Å². The van der Waals surface area contributed by atoms with E-state index in [4.69, 9.17) is 0 Å². The quantitative estimate of drug-likeness (QED) is 0.883. The minimum Gasteiger partial charge on any atom is -0.331 e. The van der Waals surface area contributed by atoms with Crippen molar-refractivity contribution in [2.75, 3.05) is 17.6 Å². The fourth-order valence-electron chi connectivity index (χ4n) is 2.17. The normalized spacial score (nSPS) is 18.8. The van der Waals surface area contributed by atoms with Crippen LogP contribution in [0.1, 0.15) is 0 Å². The first-order valence-corrected chi connectivity index (χ1v) is 8.21. The lowest BCUT2D eigenvalue weighted by Gasteiger charge is -2.28. The van der Waals surface area contributed by atoms with Crippen molar-refractivity contribution in [3.05, 3.63) is 53.8 Å². The molecule has 0 saturated carbocycles. The van der Waals surface area contributed by atoms with E-state index in [1.807, 2.05) is 0 Å². The lowest BCUT2D eigenvalue weighted by Crippen LogP contribution is -2.40. The van der Waals surface area contributed by atoms with Crippen LogP contribution in [-0.4, -0.2) is 37.4 Å². The lowest BCUT2D eigenvalue weighted by molar-refractivity contribution is -0.112. The topological polar surface area (TPSA) is 78.8 Å². The summed E-state index contributed by atoms with van der Waals surface area (Å²) >= 11 is 0. The van der Waals surface area contributed by atoms with Crippen LogP contribution < -0.4 is 5.32 Å². The zero-order chi connectivity index (χ0) is 16.6. The summed E-state index contributed by atoms with van der Waals surface area (Å²) in [4.78, 5) is 13.8. The largest absolute Gasteiger partial charge is 0.331 e. The molecule has 1 aromatic rings. The van der Waals surface area contributed by atoms with Crippen LogP contribution in [0.4, 0.5) is 14.5 Å². The number of carbonyl (C=O) groups is 1. The molecular weight excluding hydrogens is 328 g/mol. The molecule has 1 aromatic carbocycles. The van der Waals surface area contributed by atoms with Gasteiger partial charge >= 0.3 is 0 Å². The highest BCUT2D eigenvalue weighted by atomic mass is 32.2. The average molecular weight is 339 g/mol. The summed E-state index contributed by atoms with van der Waals surface area (Å²) in [7, 11) is -3.62. The Balaban J connectivity index is 1.89. The molecule has 23 heavy (non-hydrogen) atoms. The van der Waals surface area contributed by atoms with Gasteiger partial charge in [0.1, 0.15) is 0 Å². The van der Waals surface area contributed by atoms with Crippen molar-refractivity contribution in [3.8, 4) is 0 Å². The van der Waals surface area contributed by atoms with Crippen LogP contribution in [0.3, 0.4) is 0 Å². The van der Waals surface area contributed by atoms with Gasteiger partial charge in [0.05, 0.1) is 11.3 Å². The summed E-state index contributed by atoms with van der Waals surface area (Å²) in [5.74, 6) is -2.92. The van der Waals surface area contributed by atoms with E-state index >= 15 is 0 Å². The van der Waals surface area contributed by atoms with E-state index in [2.05, 4.69) is 9.71 Å². The van der Waals surface area contributed by atoms with Crippen LogP contribution >= 0.6 is 0 Å². The number of hydrogen-bond donors (Lipinski definition) is 1. The van der Waals surface area contributed by atoms with E-state index in [0.29, 0.717) is 0 Å². The van der Waals surface area contributed by atoms with Gasteiger partial charge in [-0.25, -0.2) is 17.2 Å². The number of hydrogen-bond acceptors (Lipinski definition) is 4. The van der Waals surface area contributed by atoms with Gasteiger partial charge in [-0.3, -0.25) is 4.79 Å². The Morgan fingerprint density at radius 1 is 1.26 bits per heavy atom. The molecule has 9 heteroatoms. The SMILES string of the molecule is O=C(Nc1ccc(F)c(F)c1)C1=CC=CN2CCS(=O)(=O)N=C12. The van der Waals surface area contributed by atoms with Crippen molar-refractivity contribution in [2.24, 2.45) is 4.40 Å². The third-order valence-corrected chi connectivity index (χ3v) is 4.43. The first kappa shape index (κ1) is 15.3. The lowest BCUT2D eigenvalue weighted by atomic mass is 10.1. The summed E-state index contributed by atoms with van der Waals surface area (Å²) in [5, 5.41) is 2.39. The first-order valence-electron chi connectivity index (χ1n) is 6.60. The predicted octanol–water partition coefficient (Wildman–Crippen LogP) is 1.40. The maximum atomic E-state index is 13.2. The molecule has 0 aliphatic carbocycles. The Kier molecular flexibility index (Phi) is 3.72. The molecule has 0 aromatic heterocycles. The first-order chi connectivity index (χ1) is 10.9. The fourth-order valence-corrected chi connectivity index (χ4v) is 3.15. The van der Waals surface area contributed by atoms with Crippen molar-refractivity contribution < 1.29 is 22.0 Å². The molecule has 2 aliphatic heterocycles. The maximum Gasteiger partial charge on any atom is 0.259 e. The van der Waals surface area contributed by atoms with Gasteiger partial charge in [0.25, 0.3) is 15.9 Å². The van der Waals surface area contributed by atoms with Gasteiger partial charge in [-0.1, -0.05) is 0 Å². The molecule has 1 N–H and O–H groups in total. The number of rotatable bonds is 2. The number of nitrogens with one attached hydrogen (secondary N) is 1. The van der Waals surface area contributed by atoms with Gasteiger partial charge in [0.15, 0.2) is 17.5 Å². The molecule has 6 nitrogen and oxygen atoms in total. The summed E-state index contributed by atoms with van der Waals surface area (Å²) in [6.45, 7) is 0.188. The Morgan fingerprint density at radius 2 is 2.04 bits per heavy atom. The Hall–Kier alpha value is -2.55. The molecule has 2 heterocycles. The van der Waals surface area contributed by atoms with Crippen molar-refractivity contribution in [1.29, 1.82) is 0 Å². The summed E-state index contributed by atoms with van der Waals surface area (Å²) in [5.41, 5.74) is 0.0793. The molecule has 2 aliphatic rings. The molecule has 0 fully saturated rings. The minimum atomic E-state index is -3.62. The van der Waals surface area contributed by atoms with Gasteiger partial charge in [-0.2, -0.15) is 0 Å². The monoisotopic (exact) mass is 339 g/mol. The molecule has 0 spiro atoms. The molecule has 0 radical (unpaired) electrons. The summed E-state index contributed by atoms with van der Waals surface area (Å²) in [6.07, 6.45) is 4.60. The minimum absolute atomic E-state index is 0.0128. The second-order valence-corrected chi connectivity index (χ2v) is 6.65. The molecule has 0 saturated heterocycles. The van der Waals surface area contributed by atoms with Crippen LogP contribution in [-0.2, 0) is 14.8 Å². The number of fused-ring (bicyclic) bond motifs is 1. The van der Waals surface area contributed by atoms with Crippen molar-refractivity contribution >= 4 is 27.5 Å². The number of allylic oxidation sites excluding steroid dienone is 2. The molecule has 3 rings (SSSR count). The third-order valence-electron chi connectivity index (χ3n) is 3.28. The van der Waals surface area contributed by atoms with E-state index < -0.39 is 27.6 Å². The highest BCUT2D eigenvalue weighted by Gasteiger charge is 2.30. The van der Waals surface area contributed by atoms with Gasteiger partial charge < -0.3 is 10.2 Å². The number of benzene rings is 1. The van der Waals surface area contributed by atoms with Crippen LogP contribution in [0.2, 0.25) is 0 Å². The Morgan fingerprint density at radius 3 is 2.78 bits per heavy atom. The highest BCUT2D eigenvalue weighted by Crippen LogP contribution is 2.20. The average Bonchev–Trinajstić information content (AvgIpc) is 2.49. The number of amidine groups is 1. The van der Waals surface area contributed by atoms with Gasteiger partial charge in [-0.15, -0.1) is 4.40 Å². The van der Waals surface area contributed by atoms with Crippen LogP contribution in [0.15, 0.2) is 46.5 Å². The van der Waals surface area contributed by atoms with E-state index in [-0.39, 0.29) is 29.4 Å². The molecule has 0 bridgehead atoms. The molecule has 0 atom stereocenters. The Bertz CT molecular complexity index is 875. The van der Waals surface area contributed by atoms with E-state index in [1.165, 1.54) is 12.1 Å². The van der Waals surface area contributed by atoms with Crippen LogP contribution in [0, 0.1) is 11.6 Å². The van der Waals surface area contributed by atoms with E-state index in [1.54, 1.807) is 17.2 Å². The summed E-state index contributed by atoms with van der Waals surface area (Å²) in [6, 6.07) is 2.92. The van der Waals surface area contributed by atoms with E-state index in [0.717, 1.165) is 12.1 Å². The van der Waals surface area contributed by atoms with Crippen LogP contribution in [0.25, 0.3) is 0 Å². The maximum absolute atomic E-state index is 13.2. The zero-order valence-electron chi connectivity index (χ0n) is 11.7. The van der Waals surface area contributed by atoms with Crippen LogP contribution in [0.5, 0.6) is 0 Å². The highest BCUT2D eigenvalue weighted by molar-refractivity contribution is 7.90. The van der Waals surface area contributed by atoms with Crippen molar-refractivity contribution in [2.45, 2.75) is 0 Å². The smallest absolute Gasteiger partial charge is 0.259 e. The fraction of sp³-hybridized carbons (Fsp3) is 0.143. The number of nitrogens with zero attached hydrogens (tertiary/aromatic N) is 2. The molecule has 1 amide bonds. The molecule has 0 unspecified atom stereocenters. The number of sulfonamides is 1. The predicted molar refractivity (Wildman–Crippen MR) is 80.1 cm³/mol. The number of anilines is 1.